The number of aromatic carboxylic acids is 1. The Labute approximate surface area is 103 Å². The summed E-state index contributed by atoms with van der Waals surface area (Å²) in [5.74, 6) is -1.03. The van der Waals surface area contributed by atoms with Crippen LogP contribution in [0.1, 0.15) is 26.5 Å². The molecule has 6 heteroatoms. The molecule has 0 aliphatic rings. The Bertz CT molecular complexity index is 546. The van der Waals surface area contributed by atoms with Crippen LogP contribution in [0.2, 0.25) is 0 Å². The minimum Gasteiger partial charge on any atom is -0.478 e. The van der Waals surface area contributed by atoms with Gasteiger partial charge < -0.3 is 15.4 Å². The lowest BCUT2D eigenvalue weighted by molar-refractivity contribution is 0.0696. The number of carboxylic acids is 1. The van der Waals surface area contributed by atoms with Gasteiger partial charge in [0.25, 0.3) is 5.91 Å². The molecule has 1 heterocycles. The molecule has 0 radical (unpaired) electrons. The van der Waals surface area contributed by atoms with Gasteiger partial charge >= 0.3 is 5.97 Å². The van der Waals surface area contributed by atoms with Gasteiger partial charge in [-0.3, -0.25) is 4.79 Å². The Hall–Kier alpha value is -2.63. The lowest BCUT2D eigenvalue weighted by atomic mass is 10.1. The van der Waals surface area contributed by atoms with E-state index < -0.39 is 5.97 Å². The highest BCUT2D eigenvalue weighted by molar-refractivity contribution is 5.90. The van der Waals surface area contributed by atoms with E-state index in [1.807, 2.05) is 0 Å². The number of hydrogen-bond acceptors (Lipinski definition) is 3. The van der Waals surface area contributed by atoms with Crippen LogP contribution in [-0.2, 0) is 6.54 Å². The number of rotatable bonds is 4. The molecular weight excluding hydrogens is 234 g/mol. The first-order valence-corrected chi connectivity index (χ1v) is 5.26. The molecule has 0 saturated heterocycles. The highest BCUT2D eigenvalue weighted by Gasteiger charge is 2.07. The van der Waals surface area contributed by atoms with E-state index in [1.165, 1.54) is 18.3 Å². The van der Waals surface area contributed by atoms with E-state index in [-0.39, 0.29) is 17.3 Å². The fourth-order valence-electron chi connectivity index (χ4n) is 1.42. The molecule has 0 aliphatic carbocycles. The highest BCUT2D eigenvalue weighted by Crippen LogP contribution is 2.04. The van der Waals surface area contributed by atoms with E-state index in [2.05, 4.69) is 15.3 Å². The number of aromatic nitrogens is 2. The summed E-state index contributed by atoms with van der Waals surface area (Å²) in [5, 5.41) is 11.4. The molecule has 1 aromatic carbocycles. The topological polar surface area (TPSA) is 95.1 Å². The van der Waals surface area contributed by atoms with E-state index in [0.29, 0.717) is 6.54 Å². The van der Waals surface area contributed by atoms with Crippen LogP contribution in [0.5, 0.6) is 0 Å². The summed E-state index contributed by atoms with van der Waals surface area (Å²) >= 11 is 0. The SMILES string of the molecule is O=C(O)c1ccc(CNC(=O)c2ncc[nH]2)cc1. The minimum absolute atomic E-state index is 0.219. The number of carboxylic acid groups (broad SMARTS) is 1. The summed E-state index contributed by atoms with van der Waals surface area (Å²) in [6.07, 6.45) is 3.06. The number of benzene rings is 1. The van der Waals surface area contributed by atoms with Crippen molar-refractivity contribution >= 4 is 11.9 Å². The van der Waals surface area contributed by atoms with Gasteiger partial charge in [-0.2, -0.15) is 0 Å². The molecule has 3 N–H and O–H groups in total. The summed E-state index contributed by atoms with van der Waals surface area (Å²) in [6.45, 7) is 0.319. The predicted octanol–water partition coefficient (Wildman–Crippen LogP) is 1.04. The molecule has 0 bridgehead atoms. The predicted molar refractivity (Wildman–Crippen MR) is 63.2 cm³/mol. The Morgan fingerprint density at radius 2 is 2.00 bits per heavy atom. The normalized spacial score (nSPS) is 10.0. The second-order valence-corrected chi connectivity index (χ2v) is 3.62. The number of amides is 1. The van der Waals surface area contributed by atoms with Crippen molar-refractivity contribution in [2.45, 2.75) is 6.54 Å². The van der Waals surface area contributed by atoms with Crippen molar-refractivity contribution in [3.63, 3.8) is 0 Å². The maximum Gasteiger partial charge on any atom is 0.335 e. The number of aromatic amines is 1. The summed E-state index contributed by atoms with van der Waals surface area (Å²) in [5.41, 5.74) is 1.04. The second-order valence-electron chi connectivity index (χ2n) is 3.62. The molecule has 0 unspecified atom stereocenters. The summed E-state index contributed by atoms with van der Waals surface area (Å²) in [6, 6.07) is 6.31. The van der Waals surface area contributed by atoms with E-state index >= 15 is 0 Å². The molecule has 1 amide bonds. The first-order valence-electron chi connectivity index (χ1n) is 5.26. The van der Waals surface area contributed by atoms with Gasteiger partial charge in [0, 0.05) is 18.9 Å². The standard InChI is InChI=1S/C12H11N3O3/c16-11(10-13-5-6-14-10)15-7-8-1-3-9(4-2-8)12(17)18/h1-6H,7H2,(H,13,14)(H,15,16)(H,17,18). The molecule has 2 aromatic rings. The van der Waals surface area contributed by atoms with Crippen molar-refractivity contribution in [3.05, 3.63) is 53.6 Å². The Morgan fingerprint density at radius 3 is 2.56 bits per heavy atom. The van der Waals surface area contributed by atoms with Gasteiger partial charge in [-0.25, -0.2) is 9.78 Å². The largest absolute Gasteiger partial charge is 0.478 e. The average Bonchev–Trinajstić information content (AvgIpc) is 2.90. The lowest BCUT2D eigenvalue weighted by Crippen LogP contribution is -2.23. The van der Waals surface area contributed by atoms with Crippen molar-refractivity contribution in [1.29, 1.82) is 0 Å². The summed E-state index contributed by atoms with van der Waals surface area (Å²) in [4.78, 5) is 28.7. The zero-order chi connectivity index (χ0) is 13.0. The van der Waals surface area contributed by atoms with Crippen molar-refractivity contribution in [2.24, 2.45) is 0 Å². The molecule has 0 spiro atoms. The zero-order valence-electron chi connectivity index (χ0n) is 9.38. The first kappa shape index (κ1) is 11.8. The Balaban J connectivity index is 1.94. The quantitative estimate of drug-likeness (QED) is 0.749. The molecule has 6 nitrogen and oxygen atoms in total. The summed E-state index contributed by atoms with van der Waals surface area (Å²) in [7, 11) is 0. The molecule has 18 heavy (non-hydrogen) atoms. The number of nitrogens with one attached hydrogen (secondary N) is 2. The fourth-order valence-corrected chi connectivity index (χ4v) is 1.42. The molecule has 2 rings (SSSR count). The van der Waals surface area contributed by atoms with Crippen LogP contribution >= 0.6 is 0 Å². The Kier molecular flexibility index (Phi) is 3.38. The monoisotopic (exact) mass is 245 g/mol. The highest BCUT2D eigenvalue weighted by atomic mass is 16.4. The zero-order valence-corrected chi connectivity index (χ0v) is 9.38. The third-order valence-corrected chi connectivity index (χ3v) is 2.37. The van der Waals surface area contributed by atoms with Crippen LogP contribution < -0.4 is 5.32 Å². The van der Waals surface area contributed by atoms with Gasteiger partial charge in [-0.1, -0.05) is 12.1 Å². The molecule has 0 atom stereocenters. The van der Waals surface area contributed by atoms with Gasteiger partial charge in [0.1, 0.15) is 0 Å². The number of imidazole rings is 1. The van der Waals surface area contributed by atoms with Crippen LogP contribution in [0, 0.1) is 0 Å². The summed E-state index contributed by atoms with van der Waals surface area (Å²) < 4.78 is 0. The van der Waals surface area contributed by atoms with E-state index in [4.69, 9.17) is 5.11 Å². The number of H-pyrrole nitrogens is 1. The van der Waals surface area contributed by atoms with Gasteiger partial charge in [-0.15, -0.1) is 0 Å². The van der Waals surface area contributed by atoms with Crippen LogP contribution in [-0.4, -0.2) is 27.0 Å². The first-order chi connectivity index (χ1) is 8.66. The maximum absolute atomic E-state index is 11.6. The molecule has 1 aromatic heterocycles. The van der Waals surface area contributed by atoms with Crippen molar-refractivity contribution < 1.29 is 14.7 Å². The second kappa shape index (κ2) is 5.13. The lowest BCUT2D eigenvalue weighted by Gasteiger charge is -2.03. The van der Waals surface area contributed by atoms with E-state index in [1.54, 1.807) is 18.3 Å². The van der Waals surface area contributed by atoms with Gasteiger partial charge in [-0.05, 0) is 17.7 Å². The van der Waals surface area contributed by atoms with Crippen LogP contribution in [0.3, 0.4) is 0 Å². The third kappa shape index (κ3) is 2.73. The molecule has 0 saturated carbocycles. The third-order valence-electron chi connectivity index (χ3n) is 2.37. The van der Waals surface area contributed by atoms with Crippen LogP contribution in [0.4, 0.5) is 0 Å². The van der Waals surface area contributed by atoms with Gasteiger partial charge in [0.05, 0.1) is 5.56 Å². The smallest absolute Gasteiger partial charge is 0.335 e. The van der Waals surface area contributed by atoms with Crippen LogP contribution in [0.25, 0.3) is 0 Å². The maximum atomic E-state index is 11.6. The number of hydrogen-bond donors (Lipinski definition) is 3. The van der Waals surface area contributed by atoms with Crippen LogP contribution in [0.15, 0.2) is 36.7 Å². The molecule has 0 fully saturated rings. The van der Waals surface area contributed by atoms with Crippen molar-refractivity contribution in [1.82, 2.24) is 15.3 Å². The minimum atomic E-state index is -0.971. The number of nitrogens with zero attached hydrogens (tertiary/aromatic N) is 1. The Morgan fingerprint density at radius 1 is 1.28 bits per heavy atom. The van der Waals surface area contributed by atoms with Crippen molar-refractivity contribution in [2.75, 3.05) is 0 Å². The number of carbonyl (C=O) groups is 2. The molecule has 92 valence electrons. The van der Waals surface area contributed by atoms with E-state index in [0.717, 1.165) is 5.56 Å². The van der Waals surface area contributed by atoms with E-state index in [9.17, 15) is 9.59 Å². The van der Waals surface area contributed by atoms with Gasteiger partial charge in [0.2, 0.25) is 0 Å². The number of carbonyl (C=O) groups excluding carboxylic acids is 1. The van der Waals surface area contributed by atoms with Gasteiger partial charge in [0.15, 0.2) is 5.82 Å². The van der Waals surface area contributed by atoms with Crippen molar-refractivity contribution in [3.8, 4) is 0 Å². The fraction of sp³-hybridized carbons (Fsp3) is 0.0833. The average molecular weight is 245 g/mol. The molecular formula is C12H11N3O3. The molecule has 0 aliphatic heterocycles.